The van der Waals surface area contributed by atoms with Gasteiger partial charge in [-0.15, -0.1) is 0 Å². The second-order valence-corrected chi connectivity index (χ2v) is 12.2. The van der Waals surface area contributed by atoms with Gasteiger partial charge in [0.1, 0.15) is 11.5 Å². The first-order chi connectivity index (χ1) is 20.3. The molecule has 1 fully saturated rings. The predicted octanol–water partition coefficient (Wildman–Crippen LogP) is 4.55. The Hall–Kier alpha value is -4.12. The number of ether oxygens (including phenoxy) is 2. The molecule has 0 aliphatic carbocycles. The molecule has 0 radical (unpaired) electrons. The van der Waals surface area contributed by atoms with Gasteiger partial charge in [-0.2, -0.15) is 0 Å². The quantitative estimate of drug-likeness (QED) is 0.303. The third kappa shape index (κ3) is 4.38. The van der Waals surface area contributed by atoms with E-state index in [0.29, 0.717) is 53.8 Å². The number of aromatic nitrogens is 1. The summed E-state index contributed by atoms with van der Waals surface area (Å²) < 4.78 is 40.4. The van der Waals surface area contributed by atoms with Crippen molar-refractivity contribution in [2.45, 2.75) is 10.4 Å². The van der Waals surface area contributed by atoms with Gasteiger partial charge in [0, 0.05) is 48.5 Å². The van der Waals surface area contributed by atoms with Gasteiger partial charge in [-0.3, -0.25) is 14.7 Å². The number of sulfonamides is 1. The Bertz CT molecular complexity index is 1730. The number of hydrogen-bond donors (Lipinski definition) is 0. The average molecular weight is 605 g/mol. The summed E-state index contributed by atoms with van der Waals surface area (Å²) in [5.74, 6) is 0.355. The number of pyridine rings is 1. The molecule has 1 saturated heterocycles. The van der Waals surface area contributed by atoms with Crippen LogP contribution in [0.25, 0.3) is 0 Å². The van der Waals surface area contributed by atoms with E-state index < -0.39 is 21.5 Å². The molecule has 4 aromatic rings. The molecule has 9 nitrogen and oxygen atoms in total. The lowest BCUT2D eigenvalue weighted by molar-refractivity contribution is -0.127. The van der Waals surface area contributed by atoms with Gasteiger partial charge in [-0.1, -0.05) is 29.8 Å². The minimum atomic E-state index is -4.33. The molecule has 0 bridgehead atoms. The highest BCUT2D eigenvalue weighted by Crippen LogP contribution is 2.53. The fraction of sp³-hybridized carbons (Fsp3) is 0.226. The second-order valence-electron chi connectivity index (χ2n) is 10.0. The Morgan fingerprint density at radius 2 is 1.60 bits per heavy atom. The van der Waals surface area contributed by atoms with Crippen molar-refractivity contribution < 1.29 is 22.7 Å². The lowest BCUT2D eigenvalue weighted by atomic mass is 9.81. The lowest BCUT2D eigenvalue weighted by Crippen LogP contribution is -2.60. The number of halogens is 1. The van der Waals surface area contributed by atoms with Crippen molar-refractivity contribution in [1.29, 1.82) is 0 Å². The molecule has 1 unspecified atom stereocenters. The number of hydrogen-bond acceptors (Lipinski definition) is 8. The van der Waals surface area contributed by atoms with Crippen LogP contribution in [0.15, 0.2) is 96.2 Å². The standard InChI is InChI=1S/C31H29ClN4O5S/c1-40-24-10-12-25(13-11-24)42(38,39)36-28-14-9-22(32)20-27(28)31(30(36)37,26-7-3-4-8-29(26)41-2)35-18-16-34(17-19-35)23-6-5-15-33-21-23/h3-15,20-21H,16-19H2,1-2H3. The van der Waals surface area contributed by atoms with Crippen LogP contribution in [-0.2, 0) is 20.4 Å². The van der Waals surface area contributed by atoms with Gasteiger partial charge in [0.15, 0.2) is 5.54 Å². The molecule has 42 heavy (non-hydrogen) atoms. The maximum Gasteiger partial charge on any atom is 0.271 e. The topological polar surface area (TPSA) is 92.3 Å². The number of amides is 1. The zero-order chi connectivity index (χ0) is 29.5. The first-order valence-electron chi connectivity index (χ1n) is 13.4. The lowest BCUT2D eigenvalue weighted by Gasteiger charge is -2.45. The number of fused-ring (bicyclic) bond motifs is 1. The van der Waals surface area contributed by atoms with Crippen LogP contribution in [0.3, 0.4) is 0 Å². The number of nitrogens with zero attached hydrogens (tertiary/aromatic N) is 4. The molecule has 1 amide bonds. The Labute approximate surface area is 249 Å². The molecule has 11 heteroatoms. The summed E-state index contributed by atoms with van der Waals surface area (Å²) in [5.41, 5.74) is 0.738. The number of rotatable bonds is 7. The molecule has 2 aliphatic rings. The van der Waals surface area contributed by atoms with E-state index in [-0.39, 0.29) is 10.6 Å². The Balaban J connectivity index is 1.53. The number of benzene rings is 3. The van der Waals surface area contributed by atoms with E-state index in [1.165, 1.54) is 26.4 Å². The summed E-state index contributed by atoms with van der Waals surface area (Å²) in [4.78, 5) is 23.5. The fourth-order valence-electron chi connectivity index (χ4n) is 5.96. The normalized spacial score (nSPS) is 19.1. The van der Waals surface area contributed by atoms with E-state index in [1.54, 1.807) is 42.6 Å². The van der Waals surface area contributed by atoms with Crippen LogP contribution < -0.4 is 18.7 Å². The Morgan fingerprint density at radius 1 is 0.857 bits per heavy atom. The highest BCUT2D eigenvalue weighted by molar-refractivity contribution is 7.93. The molecule has 3 aromatic carbocycles. The predicted molar refractivity (Wildman–Crippen MR) is 161 cm³/mol. The van der Waals surface area contributed by atoms with Crippen molar-refractivity contribution in [3.8, 4) is 11.5 Å². The average Bonchev–Trinajstić information content (AvgIpc) is 3.29. The molecule has 1 atom stereocenters. The van der Waals surface area contributed by atoms with Gasteiger partial charge in [0.25, 0.3) is 15.9 Å². The van der Waals surface area contributed by atoms with Gasteiger partial charge in [-0.25, -0.2) is 12.7 Å². The van der Waals surface area contributed by atoms with Crippen LogP contribution in [0.5, 0.6) is 11.5 Å². The molecule has 0 N–H and O–H groups in total. The van der Waals surface area contributed by atoms with Crippen molar-refractivity contribution in [2.75, 3.05) is 49.6 Å². The summed E-state index contributed by atoms with van der Waals surface area (Å²) in [5, 5.41) is 0.388. The van der Waals surface area contributed by atoms with Crippen molar-refractivity contribution >= 4 is 38.9 Å². The molecule has 0 spiro atoms. The maximum atomic E-state index is 15.0. The first kappa shape index (κ1) is 28.0. The number of piperazine rings is 1. The van der Waals surface area contributed by atoms with E-state index in [2.05, 4.69) is 9.88 Å². The third-order valence-electron chi connectivity index (χ3n) is 7.92. The molecule has 2 aliphatic heterocycles. The highest BCUT2D eigenvalue weighted by atomic mass is 35.5. The maximum absolute atomic E-state index is 15.0. The zero-order valence-electron chi connectivity index (χ0n) is 23.1. The van der Waals surface area contributed by atoms with E-state index in [0.717, 1.165) is 9.99 Å². The van der Waals surface area contributed by atoms with Crippen LogP contribution >= 0.6 is 11.6 Å². The van der Waals surface area contributed by atoms with Gasteiger partial charge in [0.05, 0.1) is 36.7 Å². The molecule has 1 aromatic heterocycles. The molecule has 6 rings (SSSR count). The van der Waals surface area contributed by atoms with Crippen molar-refractivity contribution in [3.63, 3.8) is 0 Å². The van der Waals surface area contributed by atoms with Crippen molar-refractivity contribution in [1.82, 2.24) is 9.88 Å². The number of para-hydroxylation sites is 1. The third-order valence-corrected chi connectivity index (χ3v) is 9.87. The van der Waals surface area contributed by atoms with Gasteiger partial charge in [0.2, 0.25) is 0 Å². The summed E-state index contributed by atoms with van der Waals surface area (Å²) in [6.45, 7) is 2.11. The molecule has 3 heterocycles. The summed E-state index contributed by atoms with van der Waals surface area (Å²) in [7, 11) is -1.29. The van der Waals surface area contributed by atoms with Gasteiger partial charge >= 0.3 is 0 Å². The van der Waals surface area contributed by atoms with Crippen molar-refractivity contribution in [2.24, 2.45) is 0 Å². The van der Waals surface area contributed by atoms with Crippen LogP contribution in [0, 0.1) is 0 Å². The largest absolute Gasteiger partial charge is 0.497 e. The number of methoxy groups -OCH3 is 2. The second kappa shape index (κ2) is 10.9. The van der Waals surface area contributed by atoms with E-state index in [9.17, 15) is 8.42 Å². The summed E-state index contributed by atoms with van der Waals surface area (Å²) >= 11 is 6.56. The van der Waals surface area contributed by atoms with Crippen LogP contribution in [0.1, 0.15) is 11.1 Å². The van der Waals surface area contributed by atoms with Crippen LogP contribution in [0.4, 0.5) is 11.4 Å². The SMILES string of the molecule is COc1ccc(S(=O)(=O)N2C(=O)C(c3ccccc3OC)(N3CCN(c4cccnc4)CC3)c3cc(Cl)ccc32)cc1. The Kier molecular flexibility index (Phi) is 7.30. The molecule has 216 valence electrons. The minimum absolute atomic E-state index is 0.0326. The zero-order valence-corrected chi connectivity index (χ0v) is 24.7. The molecule has 0 saturated carbocycles. The van der Waals surface area contributed by atoms with Gasteiger partial charge < -0.3 is 14.4 Å². The Morgan fingerprint density at radius 3 is 2.26 bits per heavy atom. The first-order valence-corrected chi connectivity index (χ1v) is 15.2. The van der Waals surface area contributed by atoms with Crippen LogP contribution in [0.2, 0.25) is 5.02 Å². The smallest absolute Gasteiger partial charge is 0.271 e. The molecular formula is C31H29ClN4O5S. The summed E-state index contributed by atoms with van der Waals surface area (Å²) in [6, 6.07) is 22.0. The monoisotopic (exact) mass is 604 g/mol. The van der Waals surface area contributed by atoms with Crippen molar-refractivity contribution in [3.05, 3.63) is 107 Å². The summed E-state index contributed by atoms with van der Waals surface area (Å²) in [6.07, 6.45) is 3.54. The number of carbonyl (C=O) groups excluding carboxylic acids is 1. The number of carbonyl (C=O) groups is 1. The fourth-order valence-corrected chi connectivity index (χ4v) is 7.59. The van der Waals surface area contributed by atoms with E-state index in [1.807, 2.05) is 41.4 Å². The van der Waals surface area contributed by atoms with Gasteiger partial charge in [-0.05, 0) is 60.7 Å². The van der Waals surface area contributed by atoms with Crippen LogP contribution in [-0.4, -0.2) is 64.6 Å². The minimum Gasteiger partial charge on any atom is -0.497 e. The molecular weight excluding hydrogens is 576 g/mol. The number of anilines is 2. The highest BCUT2D eigenvalue weighted by Gasteiger charge is 2.60. The van der Waals surface area contributed by atoms with E-state index >= 15 is 4.79 Å². The van der Waals surface area contributed by atoms with E-state index in [4.69, 9.17) is 21.1 Å².